The summed E-state index contributed by atoms with van der Waals surface area (Å²) in [5.41, 5.74) is 3.72. The van der Waals surface area contributed by atoms with Crippen LogP contribution < -0.4 is 9.62 Å². The number of benzene rings is 3. The molecule has 8 heteroatoms. The Morgan fingerprint density at radius 3 is 2.59 bits per heavy atom. The number of H-pyrrole nitrogens is 1. The van der Waals surface area contributed by atoms with Gasteiger partial charge in [0, 0.05) is 12.1 Å². The number of fused-ring (bicyclic) bond motifs is 2. The Morgan fingerprint density at radius 2 is 1.79 bits per heavy atom. The van der Waals surface area contributed by atoms with E-state index in [2.05, 4.69) is 15.3 Å². The van der Waals surface area contributed by atoms with Crippen molar-refractivity contribution < 1.29 is 13.2 Å². The predicted molar refractivity (Wildman–Crippen MR) is 132 cm³/mol. The van der Waals surface area contributed by atoms with Crippen LogP contribution >= 0.6 is 0 Å². The molecule has 0 fully saturated rings. The molecule has 4 aromatic rings. The SMILES string of the molecule is CC(C)[C@@H](NC(=O)c1cccc(S(=O)(=O)N2CCc3ccccc32)c1)c1nc2ccccc2[nH]1. The van der Waals surface area contributed by atoms with Gasteiger partial charge in [0.05, 0.1) is 27.7 Å². The fourth-order valence-corrected chi connectivity index (χ4v) is 5.93. The normalized spacial score (nSPS) is 14.4. The van der Waals surface area contributed by atoms with Crippen molar-refractivity contribution >= 4 is 32.7 Å². The third-order valence-corrected chi connectivity index (χ3v) is 7.99. The number of rotatable bonds is 6. The number of nitrogens with zero attached hydrogens (tertiary/aromatic N) is 2. The molecule has 5 rings (SSSR count). The quantitative estimate of drug-likeness (QED) is 0.432. The minimum Gasteiger partial charge on any atom is -0.342 e. The van der Waals surface area contributed by atoms with E-state index < -0.39 is 10.0 Å². The topological polar surface area (TPSA) is 95.2 Å². The highest BCUT2D eigenvalue weighted by Crippen LogP contribution is 2.33. The first kappa shape index (κ1) is 22.2. The van der Waals surface area contributed by atoms with Crippen LogP contribution in [0.2, 0.25) is 0 Å². The molecule has 0 saturated heterocycles. The number of hydrogen-bond donors (Lipinski definition) is 2. The summed E-state index contributed by atoms with van der Waals surface area (Å²) in [5.74, 6) is 0.387. The first-order chi connectivity index (χ1) is 16.3. The monoisotopic (exact) mass is 474 g/mol. The molecule has 2 N–H and O–H groups in total. The second-order valence-corrected chi connectivity index (χ2v) is 10.7. The molecule has 0 radical (unpaired) electrons. The summed E-state index contributed by atoms with van der Waals surface area (Å²) >= 11 is 0. The number of carbonyl (C=O) groups is 1. The zero-order valence-corrected chi connectivity index (χ0v) is 19.8. The van der Waals surface area contributed by atoms with Gasteiger partial charge in [-0.2, -0.15) is 0 Å². The number of aromatic amines is 1. The van der Waals surface area contributed by atoms with Crippen molar-refractivity contribution in [2.24, 2.45) is 5.92 Å². The van der Waals surface area contributed by atoms with Crippen molar-refractivity contribution in [3.8, 4) is 0 Å². The van der Waals surface area contributed by atoms with Crippen LogP contribution in [0.25, 0.3) is 11.0 Å². The molecule has 174 valence electrons. The van der Waals surface area contributed by atoms with Gasteiger partial charge in [0.25, 0.3) is 15.9 Å². The van der Waals surface area contributed by atoms with E-state index in [1.165, 1.54) is 16.4 Å². The fraction of sp³-hybridized carbons (Fsp3) is 0.231. The Balaban J connectivity index is 1.42. The molecule has 2 heterocycles. The van der Waals surface area contributed by atoms with Crippen LogP contribution in [0, 0.1) is 5.92 Å². The van der Waals surface area contributed by atoms with Gasteiger partial charge in [0.1, 0.15) is 5.82 Å². The van der Waals surface area contributed by atoms with E-state index in [1.807, 2.05) is 62.4 Å². The van der Waals surface area contributed by atoms with Gasteiger partial charge in [-0.05, 0) is 54.3 Å². The summed E-state index contributed by atoms with van der Waals surface area (Å²) < 4.78 is 28.2. The van der Waals surface area contributed by atoms with Gasteiger partial charge in [-0.25, -0.2) is 13.4 Å². The van der Waals surface area contributed by atoms with Gasteiger partial charge in [-0.3, -0.25) is 9.10 Å². The van der Waals surface area contributed by atoms with Gasteiger partial charge in [-0.15, -0.1) is 0 Å². The van der Waals surface area contributed by atoms with Crippen molar-refractivity contribution in [2.45, 2.75) is 31.2 Å². The average Bonchev–Trinajstić information content (AvgIpc) is 3.47. The molecule has 1 aliphatic rings. The van der Waals surface area contributed by atoms with Crippen LogP contribution in [0.5, 0.6) is 0 Å². The molecular weight excluding hydrogens is 448 g/mol. The molecule has 1 aliphatic heterocycles. The van der Waals surface area contributed by atoms with E-state index in [0.717, 1.165) is 16.6 Å². The van der Waals surface area contributed by atoms with Gasteiger partial charge >= 0.3 is 0 Å². The summed E-state index contributed by atoms with van der Waals surface area (Å²) in [7, 11) is -3.79. The van der Waals surface area contributed by atoms with E-state index in [4.69, 9.17) is 0 Å². The molecule has 1 amide bonds. The van der Waals surface area contributed by atoms with E-state index in [0.29, 0.717) is 24.5 Å². The number of carbonyl (C=O) groups excluding carboxylic acids is 1. The lowest BCUT2D eigenvalue weighted by Gasteiger charge is -2.21. The van der Waals surface area contributed by atoms with E-state index >= 15 is 0 Å². The van der Waals surface area contributed by atoms with E-state index in [1.54, 1.807) is 12.1 Å². The molecule has 0 unspecified atom stereocenters. The van der Waals surface area contributed by atoms with Crippen molar-refractivity contribution in [1.29, 1.82) is 0 Å². The summed E-state index contributed by atoms with van der Waals surface area (Å²) in [5, 5.41) is 3.03. The maximum Gasteiger partial charge on any atom is 0.264 e. The molecule has 3 aromatic carbocycles. The van der Waals surface area contributed by atoms with Gasteiger partial charge in [0.15, 0.2) is 0 Å². The first-order valence-electron chi connectivity index (χ1n) is 11.3. The fourth-order valence-electron chi connectivity index (χ4n) is 4.38. The number of nitrogens with one attached hydrogen (secondary N) is 2. The third-order valence-electron chi connectivity index (χ3n) is 6.18. The second-order valence-electron chi connectivity index (χ2n) is 8.82. The lowest BCUT2D eigenvalue weighted by atomic mass is 10.0. The number of para-hydroxylation sites is 3. The number of aromatic nitrogens is 2. The van der Waals surface area contributed by atoms with Gasteiger partial charge in [0.2, 0.25) is 0 Å². The number of amides is 1. The van der Waals surface area contributed by atoms with Crippen LogP contribution in [0.1, 0.15) is 41.6 Å². The summed E-state index contributed by atoms with van der Waals surface area (Å²) in [6.07, 6.45) is 0.670. The molecule has 1 aromatic heterocycles. The van der Waals surface area contributed by atoms with Crippen LogP contribution in [0.3, 0.4) is 0 Å². The number of imidazole rings is 1. The lowest BCUT2D eigenvalue weighted by molar-refractivity contribution is 0.0923. The highest BCUT2D eigenvalue weighted by molar-refractivity contribution is 7.92. The third kappa shape index (κ3) is 3.94. The number of sulfonamides is 1. The van der Waals surface area contributed by atoms with Crippen molar-refractivity contribution in [2.75, 3.05) is 10.8 Å². The van der Waals surface area contributed by atoms with E-state index in [-0.39, 0.29) is 28.3 Å². The van der Waals surface area contributed by atoms with Crippen molar-refractivity contribution in [3.05, 3.63) is 89.7 Å². The Kier molecular flexibility index (Phi) is 5.61. The van der Waals surface area contributed by atoms with Crippen molar-refractivity contribution in [3.63, 3.8) is 0 Å². The minimum absolute atomic E-state index is 0.0672. The van der Waals surface area contributed by atoms with Gasteiger partial charge in [-0.1, -0.05) is 50.2 Å². The van der Waals surface area contributed by atoms with E-state index in [9.17, 15) is 13.2 Å². The molecule has 0 spiro atoms. The minimum atomic E-state index is -3.79. The van der Waals surface area contributed by atoms with Crippen LogP contribution in [-0.4, -0.2) is 30.8 Å². The first-order valence-corrected chi connectivity index (χ1v) is 12.7. The smallest absolute Gasteiger partial charge is 0.264 e. The highest BCUT2D eigenvalue weighted by Gasteiger charge is 2.31. The second kappa shape index (κ2) is 8.61. The molecular formula is C26H26N4O3S. The Bertz CT molecular complexity index is 1440. The Morgan fingerprint density at radius 1 is 1.03 bits per heavy atom. The molecule has 0 aliphatic carbocycles. The van der Waals surface area contributed by atoms with Crippen LogP contribution in [0.4, 0.5) is 5.69 Å². The maximum absolute atomic E-state index is 13.4. The standard InChI is InChI=1S/C26H26N4O3S/c1-17(2)24(25-27-21-11-4-5-12-22(21)28-25)29-26(31)19-9-7-10-20(16-19)34(32,33)30-15-14-18-8-3-6-13-23(18)30/h3-13,16-17,24H,14-15H2,1-2H3,(H,27,28)(H,29,31)/t24-/m1/s1. The average molecular weight is 475 g/mol. The molecule has 1 atom stereocenters. The molecule has 34 heavy (non-hydrogen) atoms. The molecule has 7 nitrogen and oxygen atoms in total. The Labute approximate surface area is 198 Å². The summed E-state index contributed by atoms with van der Waals surface area (Å²) in [6, 6.07) is 21.1. The number of hydrogen-bond acceptors (Lipinski definition) is 4. The predicted octanol–water partition coefficient (Wildman–Crippen LogP) is 4.44. The summed E-state index contributed by atoms with van der Waals surface area (Å²) in [4.78, 5) is 21.2. The Hall–Kier alpha value is -3.65. The maximum atomic E-state index is 13.4. The van der Waals surface area contributed by atoms with Crippen molar-refractivity contribution in [1.82, 2.24) is 15.3 Å². The number of anilines is 1. The lowest BCUT2D eigenvalue weighted by Crippen LogP contribution is -2.33. The summed E-state index contributed by atoms with van der Waals surface area (Å²) in [6.45, 7) is 4.40. The zero-order chi connectivity index (χ0) is 23.9. The van der Waals surface area contributed by atoms with Crippen LogP contribution in [-0.2, 0) is 16.4 Å². The zero-order valence-electron chi connectivity index (χ0n) is 19.0. The largest absolute Gasteiger partial charge is 0.342 e. The molecule has 0 bridgehead atoms. The van der Waals surface area contributed by atoms with Gasteiger partial charge < -0.3 is 10.3 Å². The highest BCUT2D eigenvalue weighted by atomic mass is 32.2. The molecule has 0 saturated carbocycles. The van der Waals surface area contributed by atoms with Crippen LogP contribution in [0.15, 0.2) is 77.7 Å².